The van der Waals surface area contributed by atoms with Gasteiger partial charge in [0.15, 0.2) is 0 Å². The molecule has 94 valence electrons. The molecule has 16 heavy (non-hydrogen) atoms. The van der Waals surface area contributed by atoms with Crippen molar-refractivity contribution in [1.82, 2.24) is 10.2 Å². The van der Waals surface area contributed by atoms with Crippen molar-refractivity contribution in [1.29, 1.82) is 0 Å². The van der Waals surface area contributed by atoms with Gasteiger partial charge in [0.1, 0.15) is 6.61 Å². The summed E-state index contributed by atoms with van der Waals surface area (Å²) in [6.45, 7) is 3.83. The molecular weight excluding hydrogens is 208 g/mol. The maximum absolute atomic E-state index is 11.7. The number of nitrogens with one attached hydrogen (secondary N) is 1. The second-order valence-corrected chi connectivity index (χ2v) is 4.30. The lowest BCUT2D eigenvalue weighted by atomic mass is 10.1. The predicted octanol–water partition coefficient (Wildman–Crippen LogP) is -0.406. The van der Waals surface area contributed by atoms with Crippen molar-refractivity contribution in [2.75, 3.05) is 33.4 Å². The highest BCUT2D eigenvalue weighted by Gasteiger charge is 2.18. The lowest BCUT2D eigenvalue weighted by molar-refractivity contribution is -0.139. The Morgan fingerprint density at radius 2 is 2.19 bits per heavy atom. The summed E-state index contributed by atoms with van der Waals surface area (Å²) in [5.74, 6) is -0.0694. The normalized spacial score (nSPS) is 19.4. The molecule has 1 aliphatic rings. The number of aliphatic hydroxyl groups is 1. The molecule has 1 fully saturated rings. The van der Waals surface area contributed by atoms with Gasteiger partial charge >= 0.3 is 0 Å². The fourth-order valence-corrected chi connectivity index (χ4v) is 1.62. The second-order valence-electron chi connectivity index (χ2n) is 4.30. The van der Waals surface area contributed by atoms with Crippen LogP contribution in [0.2, 0.25) is 0 Å². The quantitative estimate of drug-likeness (QED) is 0.674. The Morgan fingerprint density at radius 3 is 2.75 bits per heavy atom. The van der Waals surface area contributed by atoms with Gasteiger partial charge in [0.2, 0.25) is 5.91 Å². The van der Waals surface area contributed by atoms with Crippen LogP contribution in [0, 0.1) is 0 Å². The number of aliphatic hydroxyl groups excluding tert-OH is 1. The zero-order valence-electron chi connectivity index (χ0n) is 10.1. The predicted molar refractivity (Wildman–Crippen MR) is 61.2 cm³/mol. The molecule has 1 aliphatic heterocycles. The molecule has 5 nitrogen and oxygen atoms in total. The average molecular weight is 230 g/mol. The summed E-state index contributed by atoms with van der Waals surface area (Å²) in [5, 5.41) is 12.2. The van der Waals surface area contributed by atoms with Gasteiger partial charge in [-0.05, 0) is 32.9 Å². The first kappa shape index (κ1) is 13.4. The molecule has 0 aliphatic carbocycles. The van der Waals surface area contributed by atoms with E-state index in [-0.39, 0.29) is 31.3 Å². The third-order valence-corrected chi connectivity index (χ3v) is 3.05. The Kier molecular flexibility index (Phi) is 5.73. The lowest BCUT2D eigenvalue weighted by Gasteiger charge is -2.26. The van der Waals surface area contributed by atoms with E-state index in [0.29, 0.717) is 0 Å². The fraction of sp³-hybridized carbons (Fsp3) is 0.909. The molecule has 1 heterocycles. The van der Waals surface area contributed by atoms with Crippen LogP contribution in [0.3, 0.4) is 0 Å². The maximum Gasteiger partial charge on any atom is 0.248 e. The Bertz CT molecular complexity index is 217. The van der Waals surface area contributed by atoms with Gasteiger partial charge in [-0.25, -0.2) is 0 Å². The van der Waals surface area contributed by atoms with E-state index in [1.54, 1.807) is 7.05 Å². The van der Waals surface area contributed by atoms with Gasteiger partial charge in [0.05, 0.1) is 18.8 Å². The first-order chi connectivity index (χ1) is 7.65. The molecule has 0 aromatic heterocycles. The molecule has 1 atom stereocenters. The van der Waals surface area contributed by atoms with Gasteiger partial charge in [-0.3, -0.25) is 4.79 Å². The summed E-state index contributed by atoms with van der Waals surface area (Å²) in [4.78, 5) is 13.2. The van der Waals surface area contributed by atoms with Crippen LogP contribution in [0.4, 0.5) is 0 Å². The van der Waals surface area contributed by atoms with Crippen molar-refractivity contribution < 1.29 is 14.6 Å². The summed E-state index contributed by atoms with van der Waals surface area (Å²) in [6, 6.07) is -0.149. The number of carbonyl (C=O) groups excluding carboxylic acids is 1. The van der Waals surface area contributed by atoms with Crippen LogP contribution in [-0.2, 0) is 9.53 Å². The van der Waals surface area contributed by atoms with Gasteiger partial charge in [0, 0.05) is 7.05 Å². The number of hydrogen-bond donors (Lipinski definition) is 2. The van der Waals surface area contributed by atoms with E-state index in [1.165, 1.54) is 4.90 Å². The number of piperidine rings is 1. The second kappa shape index (κ2) is 6.83. The molecule has 0 bridgehead atoms. The number of amides is 1. The molecule has 0 aromatic carbocycles. The average Bonchev–Trinajstić information content (AvgIpc) is 2.35. The minimum Gasteiger partial charge on any atom is -0.394 e. The summed E-state index contributed by atoms with van der Waals surface area (Å²) in [7, 11) is 1.69. The third-order valence-electron chi connectivity index (χ3n) is 3.05. The summed E-state index contributed by atoms with van der Waals surface area (Å²) >= 11 is 0. The van der Waals surface area contributed by atoms with Crippen LogP contribution >= 0.6 is 0 Å². The van der Waals surface area contributed by atoms with Crippen LogP contribution in [0.15, 0.2) is 0 Å². The van der Waals surface area contributed by atoms with E-state index in [2.05, 4.69) is 5.32 Å². The van der Waals surface area contributed by atoms with Crippen molar-refractivity contribution >= 4 is 5.91 Å². The number of hydrogen-bond acceptors (Lipinski definition) is 4. The van der Waals surface area contributed by atoms with Gasteiger partial charge in [-0.1, -0.05) is 0 Å². The van der Waals surface area contributed by atoms with Gasteiger partial charge in [-0.15, -0.1) is 0 Å². The molecule has 0 radical (unpaired) electrons. The lowest BCUT2D eigenvalue weighted by Crippen LogP contribution is -2.41. The van der Waals surface area contributed by atoms with Crippen LogP contribution in [0.1, 0.15) is 19.8 Å². The summed E-state index contributed by atoms with van der Waals surface area (Å²) in [5.41, 5.74) is 0. The summed E-state index contributed by atoms with van der Waals surface area (Å²) in [6.07, 6.45) is 2.13. The number of nitrogens with zero attached hydrogens (tertiary/aromatic N) is 1. The highest BCUT2D eigenvalue weighted by Crippen LogP contribution is 2.07. The molecule has 0 saturated carbocycles. The maximum atomic E-state index is 11.7. The van der Waals surface area contributed by atoms with Crippen LogP contribution < -0.4 is 5.32 Å². The van der Waals surface area contributed by atoms with E-state index in [0.717, 1.165) is 25.9 Å². The molecular formula is C11H22N2O3. The highest BCUT2D eigenvalue weighted by atomic mass is 16.5. The molecule has 0 aromatic rings. The number of likely N-dealkylation sites (N-methyl/N-ethyl adjacent to an activating group) is 1. The van der Waals surface area contributed by atoms with Crippen LogP contribution in [0.5, 0.6) is 0 Å². The molecule has 5 heteroatoms. The largest absolute Gasteiger partial charge is 0.394 e. The Balaban J connectivity index is 2.23. The molecule has 0 spiro atoms. The molecule has 2 N–H and O–H groups in total. The van der Waals surface area contributed by atoms with E-state index in [1.807, 2.05) is 6.92 Å². The highest BCUT2D eigenvalue weighted by molar-refractivity contribution is 5.77. The van der Waals surface area contributed by atoms with E-state index in [9.17, 15) is 4.79 Å². The molecule has 1 unspecified atom stereocenters. The third kappa shape index (κ3) is 4.08. The monoisotopic (exact) mass is 230 g/mol. The van der Waals surface area contributed by atoms with Crippen molar-refractivity contribution in [3.05, 3.63) is 0 Å². The van der Waals surface area contributed by atoms with Gasteiger partial charge < -0.3 is 20.1 Å². The van der Waals surface area contributed by atoms with E-state index < -0.39 is 0 Å². The van der Waals surface area contributed by atoms with Crippen molar-refractivity contribution in [3.63, 3.8) is 0 Å². The van der Waals surface area contributed by atoms with Crippen molar-refractivity contribution in [2.24, 2.45) is 0 Å². The topological polar surface area (TPSA) is 61.8 Å². The smallest absolute Gasteiger partial charge is 0.248 e. The Labute approximate surface area is 96.8 Å². The van der Waals surface area contributed by atoms with Gasteiger partial charge in [0.25, 0.3) is 0 Å². The van der Waals surface area contributed by atoms with Crippen LogP contribution in [0.25, 0.3) is 0 Å². The standard InChI is InChI=1S/C11H22N2O3/c1-9(7-14)13(2)11(15)8-16-10-3-5-12-6-4-10/h9-10,12,14H,3-8H2,1-2H3. The first-order valence-electron chi connectivity index (χ1n) is 5.84. The van der Waals surface area contributed by atoms with Gasteiger partial charge in [-0.2, -0.15) is 0 Å². The summed E-state index contributed by atoms with van der Waals surface area (Å²) < 4.78 is 5.55. The first-order valence-corrected chi connectivity index (χ1v) is 5.84. The number of ether oxygens (including phenoxy) is 1. The number of carbonyl (C=O) groups is 1. The zero-order chi connectivity index (χ0) is 12.0. The molecule has 1 rings (SSSR count). The van der Waals surface area contributed by atoms with Crippen molar-refractivity contribution in [3.8, 4) is 0 Å². The fourth-order valence-electron chi connectivity index (χ4n) is 1.62. The minimum absolute atomic E-state index is 0.0183. The Morgan fingerprint density at radius 1 is 1.56 bits per heavy atom. The number of rotatable bonds is 5. The SMILES string of the molecule is CC(CO)N(C)C(=O)COC1CCNCC1. The molecule has 1 saturated heterocycles. The molecule has 1 amide bonds. The Hall–Kier alpha value is -0.650. The minimum atomic E-state index is -0.149. The van der Waals surface area contributed by atoms with Crippen LogP contribution in [-0.4, -0.2) is 61.4 Å². The van der Waals surface area contributed by atoms with Crippen molar-refractivity contribution in [2.45, 2.75) is 31.9 Å². The zero-order valence-corrected chi connectivity index (χ0v) is 10.1. The van der Waals surface area contributed by atoms with E-state index >= 15 is 0 Å². The van der Waals surface area contributed by atoms with E-state index in [4.69, 9.17) is 9.84 Å².